The van der Waals surface area contributed by atoms with Crippen molar-refractivity contribution in [2.75, 3.05) is 6.54 Å². The summed E-state index contributed by atoms with van der Waals surface area (Å²) < 4.78 is 0. The number of hydrogen-bond acceptors (Lipinski definition) is 7. The van der Waals surface area contributed by atoms with Crippen molar-refractivity contribution in [3.05, 3.63) is 18.2 Å². The van der Waals surface area contributed by atoms with Crippen LogP contribution in [0, 0.1) is 5.92 Å². The van der Waals surface area contributed by atoms with E-state index in [9.17, 15) is 29.1 Å². The Morgan fingerprint density at radius 1 is 1.26 bits per heavy atom. The van der Waals surface area contributed by atoms with Crippen molar-refractivity contribution in [3.8, 4) is 0 Å². The third kappa shape index (κ3) is 7.01. The van der Waals surface area contributed by atoms with Crippen LogP contribution in [0.5, 0.6) is 0 Å². The van der Waals surface area contributed by atoms with E-state index in [-0.39, 0.29) is 18.9 Å². The fourth-order valence-electron chi connectivity index (χ4n) is 3.82. The minimum Gasteiger partial charge on any atom is -0.480 e. The van der Waals surface area contributed by atoms with Crippen molar-refractivity contribution >= 4 is 29.6 Å². The second-order valence-corrected chi connectivity index (χ2v) is 8.52. The number of imidazole rings is 1. The Balaban J connectivity index is 2.14. The normalized spacial score (nSPS) is 19.0. The van der Waals surface area contributed by atoms with E-state index >= 15 is 0 Å². The van der Waals surface area contributed by atoms with Gasteiger partial charge < -0.3 is 37.1 Å². The van der Waals surface area contributed by atoms with E-state index in [4.69, 9.17) is 11.5 Å². The SMILES string of the molecule is CCC(C)C(NC(=O)C(CC(N)=O)NC(=O)C(N)Cc1cnc[nH]1)C(=O)N1CCCC1C(=O)O. The number of likely N-dealkylation sites (tertiary alicyclic amines) is 1. The average Bonchev–Trinajstić information content (AvgIpc) is 3.47. The summed E-state index contributed by atoms with van der Waals surface area (Å²) in [5.74, 6) is -4.27. The van der Waals surface area contributed by atoms with Crippen molar-refractivity contribution in [2.45, 2.75) is 70.1 Å². The number of aliphatic carboxylic acids is 1. The third-order valence-electron chi connectivity index (χ3n) is 5.97. The lowest BCUT2D eigenvalue weighted by molar-refractivity contribution is -0.150. The summed E-state index contributed by atoms with van der Waals surface area (Å²) in [6, 6.07) is -4.39. The van der Waals surface area contributed by atoms with Gasteiger partial charge in [0, 0.05) is 24.9 Å². The molecule has 0 spiro atoms. The van der Waals surface area contributed by atoms with Crippen LogP contribution in [0.2, 0.25) is 0 Å². The highest BCUT2D eigenvalue weighted by molar-refractivity contribution is 5.96. The fraction of sp³-hybridized carbons (Fsp3) is 0.619. The van der Waals surface area contributed by atoms with Gasteiger partial charge in [0.2, 0.25) is 23.6 Å². The van der Waals surface area contributed by atoms with Crippen LogP contribution in [0.15, 0.2) is 12.5 Å². The van der Waals surface area contributed by atoms with Gasteiger partial charge >= 0.3 is 5.97 Å². The molecule has 1 aliphatic heterocycles. The standard InChI is InChI=1S/C21H33N7O6/c1-3-11(2)17(20(32)28-6-4-5-15(28)21(33)34)27-19(31)14(8-16(23)29)26-18(30)13(22)7-12-9-24-10-25-12/h9-11,13-15,17H,3-8,22H2,1-2H3,(H2,23,29)(H,24,25)(H,26,30)(H,27,31)(H,33,34). The van der Waals surface area contributed by atoms with Crippen LogP contribution in [0.25, 0.3) is 0 Å². The number of nitrogens with two attached hydrogens (primary N) is 2. The number of primary amides is 1. The van der Waals surface area contributed by atoms with Crippen LogP contribution >= 0.6 is 0 Å². The molecule has 0 aromatic carbocycles. The van der Waals surface area contributed by atoms with E-state index in [1.54, 1.807) is 6.92 Å². The molecule has 8 N–H and O–H groups in total. The molecule has 5 atom stereocenters. The Morgan fingerprint density at radius 2 is 1.97 bits per heavy atom. The van der Waals surface area contributed by atoms with Gasteiger partial charge in [-0.25, -0.2) is 9.78 Å². The third-order valence-corrected chi connectivity index (χ3v) is 5.97. The van der Waals surface area contributed by atoms with Gasteiger partial charge in [-0.15, -0.1) is 0 Å². The quantitative estimate of drug-likeness (QED) is 0.202. The predicted molar refractivity (Wildman–Crippen MR) is 120 cm³/mol. The number of H-pyrrole nitrogens is 1. The van der Waals surface area contributed by atoms with Gasteiger partial charge in [0.15, 0.2) is 0 Å². The number of aromatic nitrogens is 2. The zero-order valence-electron chi connectivity index (χ0n) is 19.3. The minimum atomic E-state index is -1.36. The van der Waals surface area contributed by atoms with Crippen LogP contribution in [0.1, 0.15) is 45.2 Å². The first-order valence-electron chi connectivity index (χ1n) is 11.2. The zero-order valence-corrected chi connectivity index (χ0v) is 19.3. The van der Waals surface area contributed by atoms with E-state index in [0.29, 0.717) is 25.0 Å². The Labute approximate surface area is 197 Å². The van der Waals surface area contributed by atoms with Crippen molar-refractivity contribution in [3.63, 3.8) is 0 Å². The number of carbonyl (C=O) groups excluding carboxylic acids is 4. The van der Waals surface area contributed by atoms with Gasteiger partial charge in [-0.2, -0.15) is 0 Å². The molecule has 1 aromatic heterocycles. The van der Waals surface area contributed by atoms with Gasteiger partial charge in [0.1, 0.15) is 18.1 Å². The molecule has 0 saturated carbocycles. The highest BCUT2D eigenvalue weighted by atomic mass is 16.4. The molecule has 5 unspecified atom stereocenters. The molecule has 0 bridgehead atoms. The molecule has 4 amide bonds. The first kappa shape index (κ1) is 26.8. The summed E-state index contributed by atoms with van der Waals surface area (Å²) in [4.78, 5) is 69.8. The molecule has 34 heavy (non-hydrogen) atoms. The lowest BCUT2D eigenvalue weighted by Crippen LogP contribution is -2.59. The molecule has 1 aliphatic rings. The lowest BCUT2D eigenvalue weighted by atomic mass is 9.96. The summed E-state index contributed by atoms with van der Waals surface area (Å²) >= 11 is 0. The Bertz CT molecular complexity index is 890. The topological polar surface area (TPSA) is 214 Å². The van der Waals surface area contributed by atoms with E-state index in [2.05, 4.69) is 20.6 Å². The number of rotatable bonds is 12. The molecule has 1 saturated heterocycles. The van der Waals surface area contributed by atoms with Gasteiger partial charge in [-0.3, -0.25) is 19.2 Å². The molecular formula is C21H33N7O6. The molecule has 2 heterocycles. The average molecular weight is 480 g/mol. The molecule has 0 aliphatic carbocycles. The van der Waals surface area contributed by atoms with E-state index in [1.165, 1.54) is 17.4 Å². The number of carboxylic acids is 1. The van der Waals surface area contributed by atoms with Crippen molar-refractivity contribution in [2.24, 2.45) is 17.4 Å². The highest BCUT2D eigenvalue weighted by Gasteiger charge is 2.40. The van der Waals surface area contributed by atoms with Crippen LogP contribution in [0.4, 0.5) is 0 Å². The molecule has 13 nitrogen and oxygen atoms in total. The predicted octanol–water partition coefficient (Wildman–Crippen LogP) is -1.75. The Kier molecular flexibility index (Phi) is 9.54. The fourth-order valence-corrected chi connectivity index (χ4v) is 3.82. The number of hydrogen-bond donors (Lipinski definition) is 6. The molecule has 13 heteroatoms. The second-order valence-electron chi connectivity index (χ2n) is 8.52. The zero-order chi connectivity index (χ0) is 25.4. The molecule has 188 valence electrons. The largest absolute Gasteiger partial charge is 0.480 e. The molecule has 1 fully saturated rings. The maximum atomic E-state index is 13.2. The number of carboxylic acid groups (broad SMARTS) is 1. The maximum absolute atomic E-state index is 13.2. The first-order valence-corrected chi connectivity index (χ1v) is 11.2. The molecule has 1 aromatic rings. The number of nitrogens with one attached hydrogen (secondary N) is 3. The maximum Gasteiger partial charge on any atom is 0.326 e. The van der Waals surface area contributed by atoms with Crippen molar-refractivity contribution < 1.29 is 29.1 Å². The molecule has 0 radical (unpaired) electrons. The van der Waals surface area contributed by atoms with E-state index < -0.39 is 60.2 Å². The van der Waals surface area contributed by atoms with Crippen LogP contribution < -0.4 is 22.1 Å². The van der Waals surface area contributed by atoms with Crippen molar-refractivity contribution in [1.82, 2.24) is 25.5 Å². The summed E-state index contributed by atoms with van der Waals surface area (Å²) in [6.45, 7) is 3.84. The van der Waals surface area contributed by atoms with Crippen molar-refractivity contribution in [1.29, 1.82) is 0 Å². The first-order chi connectivity index (χ1) is 16.0. The highest BCUT2D eigenvalue weighted by Crippen LogP contribution is 2.21. The number of amides is 4. The second kappa shape index (κ2) is 12.1. The van der Waals surface area contributed by atoms with Crippen LogP contribution in [-0.2, 0) is 30.4 Å². The Hall–Kier alpha value is -3.48. The summed E-state index contributed by atoms with van der Waals surface area (Å²) in [5, 5.41) is 14.4. The minimum absolute atomic E-state index is 0.121. The monoisotopic (exact) mass is 479 g/mol. The van der Waals surface area contributed by atoms with Crippen LogP contribution in [-0.4, -0.2) is 80.3 Å². The summed E-state index contributed by atoms with van der Waals surface area (Å²) in [7, 11) is 0. The molecular weight excluding hydrogens is 446 g/mol. The van der Waals surface area contributed by atoms with E-state index in [1.807, 2.05) is 6.92 Å². The number of aromatic amines is 1. The van der Waals surface area contributed by atoms with Gasteiger partial charge in [0.05, 0.1) is 18.8 Å². The number of carbonyl (C=O) groups is 5. The summed E-state index contributed by atoms with van der Waals surface area (Å²) in [5.41, 5.74) is 11.8. The Morgan fingerprint density at radius 3 is 2.53 bits per heavy atom. The van der Waals surface area contributed by atoms with Gasteiger partial charge in [-0.05, 0) is 18.8 Å². The van der Waals surface area contributed by atoms with Gasteiger partial charge in [-0.1, -0.05) is 20.3 Å². The number of nitrogens with zero attached hydrogens (tertiary/aromatic N) is 2. The summed E-state index contributed by atoms with van der Waals surface area (Å²) in [6.07, 6.45) is 3.95. The lowest BCUT2D eigenvalue weighted by Gasteiger charge is -2.31. The van der Waals surface area contributed by atoms with E-state index in [0.717, 1.165) is 0 Å². The molecule has 2 rings (SSSR count). The van der Waals surface area contributed by atoms with Crippen LogP contribution in [0.3, 0.4) is 0 Å². The van der Waals surface area contributed by atoms with Gasteiger partial charge in [0.25, 0.3) is 0 Å². The smallest absolute Gasteiger partial charge is 0.326 e.